The Balaban J connectivity index is 1.73. The number of nitrogens with zero attached hydrogens (tertiary/aromatic N) is 1. The molecule has 0 aliphatic carbocycles. The van der Waals surface area contributed by atoms with Crippen molar-refractivity contribution < 1.29 is 27.9 Å². The van der Waals surface area contributed by atoms with Crippen LogP contribution >= 0.6 is 0 Å². The largest absolute Gasteiger partial charge is 0.481 e. The van der Waals surface area contributed by atoms with Crippen molar-refractivity contribution in [1.29, 1.82) is 0 Å². The molecule has 2 bridgehead atoms. The molecule has 0 spiro atoms. The molecule has 2 aliphatic rings. The minimum Gasteiger partial charge on any atom is -0.481 e. The van der Waals surface area contributed by atoms with Gasteiger partial charge in [-0.2, -0.15) is 13.2 Å². The molecule has 2 N–H and O–H groups in total. The van der Waals surface area contributed by atoms with Crippen LogP contribution in [0.4, 0.5) is 18.0 Å². The Hall–Kier alpha value is -1.47. The quantitative estimate of drug-likeness (QED) is 0.766. The monoisotopic (exact) mass is 308 g/mol. The number of carboxylic acid groups (broad SMARTS) is 1. The number of aliphatic carboxylic acids is 1. The molecule has 8 heteroatoms. The second-order valence-electron chi connectivity index (χ2n) is 5.69. The Morgan fingerprint density at radius 3 is 2.52 bits per heavy atom. The summed E-state index contributed by atoms with van der Waals surface area (Å²) in [5.74, 6) is -1.40. The van der Waals surface area contributed by atoms with Crippen LogP contribution in [0.1, 0.15) is 38.5 Å². The molecule has 3 unspecified atom stereocenters. The number of urea groups is 1. The SMILES string of the molecule is O=C(O)C1CC2CCC1N2C(=O)NCCCCC(F)(F)F. The standard InChI is InChI=1S/C13H19F3N2O3/c14-13(15,16)5-1-2-6-17-12(21)18-8-3-4-10(18)9(7-8)11(19)20/h8-10H,1-7H2,(H,17,21)(H,19,20). The zero-order chi connectivity index (χ0) is 15.6. The van der Waals surface area contributed by atoms with E-state index in [0.717, 1.165) is 6.42 Å². The summed E-state index contributed by atoms with van der Waals surface area (Å²) in [4.78, 5) is 24.7. The highest BCUT2D eigenvalue weighted by atomic mass is 19.4. The molecular formula is C13H19F3N2O3. The summed E-state index contributed by atoms with van der Waals surface area (Å²) in [6, 6.07) is -0.674. The normalized spacial score (nSPS) is 28.0. The highest BCUT2D eigenvalue weighted by Crippen LogP contribution is 2.41. The lowest BCUT2D eigenvalue weighted by atomic mass is 9.89. The fraction of sp³-hybridized carbons (Fsp3) is 0.846. The molecule has 5 nitrogen and oxygen atoms in total. The molecule has 21 heavy (non-hydrogen) atoms. The molecule has 120 valence electrons. The number of amides is 2. The van der Waals surface area contributed by atoms with Gasteiger partial charge in [0.05, 0.1) is 5.92 Å². The Morgan fingerprint density at radius 1 is 1.24 bits per heavy atom. The van der Waals surface area contributed by atoms with Crippen LogP contribution in [0.15, 0.2) is 0 Å². The number of hydrogen-bond donors (Lipinski definition) is 2. The zero-order valence-electron chi connectivity index (χ0n) is 11.5. The van der Waals surface area contributed by atoms with Crippen molar-refractivity contribution in [1.82, 2.24) is 10.2 Å². The molecule has 2 rings (SSSR count). The van der Waals surface area contributed by atoms with Crippen molar-refractivity contribution in [2.24, 2.45) is 5.92 Å². The van der Waals surface area contributed by atoms with Crippen molar-refractivity contribution in [2.75, 3.05) is 6.54 Å². The predicted octanol–water partition coefficient (Wildman–Crippen LogP) is 2.37. The Bertz CT molecular complexity index is 414. The van der Waals surface area contributed by atoms with Crippen LogP contribution in [-0.2, 0) is 4.79 Å². The van der Waals surface area contributed by atoms with Gasteiger partial charge >= 0.3 is 18.2 Å². The summed E-state index contributed by atoms with van der Waals surface area (Å²) >= 11 is 0. The molecule has 0 saturated carbocycles. The topological polar surface area (TPSA) is 69.6 Å². The van der Waals surface area contributed by atoms with Crippen molar-refractivity contribution >= 4 is 12.0 Å². The number of halogens is 3. The van der Waals surface area contributed by atoms with E-state index in [0.29, 0.717) is 12.8 Å². The van der Waals surface area contributed by atoms with Gasteiger partial charge in [0.15, 0.2) is 0 Å². The van der Waals surface area contributed by atoms with E-state index < -0.39 is 24.5 Å². The van der Waals surface area contributed by atoms with E-state index in [1.165, 1.54) is 0 Å². The van der Waals surface area contributed by atoms with E-state index in [4.69, 9.17) is 5.11 Å². The first-order valence-electron chi connectivity index (χ1n) is 7.15. The summed E-state index contributed by atoms with van der Waals surface area (Å²) in [5.41, 5.74) is 0. The van der Waals surface area contributed by atoms with Crippen LogP contribution in [0.2, 0.25) is 0 Å². The summed E-state index contributed by atoms with van der Waals surface area (Å²) in [6.07, 6.45) is -2.81. The Morgan fingerprint density at radius 2 is 1.95 bits per heavy atom. The first kappa shape index (κ1) is 15.9. The fourth-order valence-corrected chi connectivity index (χ4v) is 3.31. The molecule has 2 aliphatic heterocycles. The third-order valence-electron chi connectivity index (χ3n) is 4.25. The van der Waals surface area contributed by atoms with Crippen LogP contribution in [-0.4, -0.2) is 46.8 Å². The smallest absolute Gasteiger partial charge is 0.389 e. The lowest BCUT2D eigenvalue weighted by molar-refractivity contribution is -0.142. The maximum atomic E-state index is 12.0. The Labute approximate surface area is 120 Å². The third-order valence-corrected chi connectivity index (χ3v) is 4.25. The Kier molecular flexibility index (Phi) is 4.63. The summed E-state index contributed by atoms with van der Waals surface area (Å²) in [5, 5.41) is 11.7. The van der Waals surface area contributed by atoms with Crippen LogP contribution in [0, 0.1) is 5.92 Å². The van der Waals surface area contributed by atoms with Crippen LogP contribution in [0.3, 0.4) is 0 Å². The molecule has 0 aromatic heterocycles. The summed E-state index contributed by atoms with van der Waals surface area (Å²) < 4.78 is 35.9. The van der Waals surface area contributed by atoms with Gasteiger partial charge in [-0.15, -0.1) is 0 Å². The van der Waals surface area contributed by atoms with E-state index in [1.807, 2.05) is 0 Å². The molecule has 2 fully saturated rings. The van der Waals surface area contributed by atoms with Crippen LogP contribution in [0.5, 0.6) is 0 Å². The van der Waals surface area contributed by atoms with Gasteiger partial charge in [0.25, 0.3) is 0 Å². The molecule has 2 saturated heterocycles. The lowest BCUT2D eigenvalue weighted by Gasteiger charge is -2.23. The van der Waals surface area contributed by atoms with E-state index in [2.05, 4.69) is 5.32 Å². The van der Waals surface area contributed by atoms with Crippen molar-refractivity contribution in [3.63, 3.8) is 0 Å². The fourth-order valence-electron chi connectivity index (χ4n) is 3.31. The second-order valence-corrected chi connectivity index (χ2v) is 5.69. The molecule has 0 aromatic carbocycles. The molecule has 3 atom stereocenters. The van der Waals surface area contributed by atoms with Crippen molar-refractivity contribution in [2.45, 2.75) is 56.8 Å². The van der Waals surface area contributed by atoms with Gasteiger partial charge < -0.3 is 15.3 Å². The number of carboxylic acids is 1. The van der Waals surface area contributed by atoms with E-state index >= 15 is 0 Å². The highest BCUT2D eigenvalue weighted by molar-refractivity contribution is 5.79. The molecule has 0 aromatic rings. The molecular weight excluding hydrogens is 289 g/mol. The number of hydrogen-bond acceptors (Lipinski definition) is 2. The number of nitrogens with one attached hydrogen (secondary N) is 1. The van der Waals surface area contributed by atoms with E-state index in [1.54, 1.807) is 4.90 Å². The second kappa shape index (κ2) is 6.11. The average Bonchev–Trinajstić information content (AvgIpc) is 2.94. The number of carbonyl (C=O) groups excluding carboxylic acids is 1. The van der Waals surface area contributed by atoms with Gasteiger partial charge in [0.2, 0.25) is 0 Å². The van der Waals surface area contributed by atoms with Gasteiger partial charge in [-0.05, 0) is 32.1 Å². The summed E-state index contributed by atoms with van der Waals surface area (Å²) in [7, 11) is 0. The van der Waals surface area contributed by atoms with Gasteiger partial charge in [0, 0.05) is 25.0 Å². The maximum Gasteiger partial charge on any atom is 0.389 e. The first-order chi connectivity index (χ1) is 9.79. The summed E-state index contributed by atoms with van der Waals surface area (Å²) in [6.45, 7) is 0.183. The number of rotatable bonds is 5. The van der Waals surface area contributed by atoms with E-state index in [9.17, 15) is 22.8 Å². The first-order valence-corrected chi connectivity index (χ1v) is 7.15. The maximum absolute atomic E-state index is 12.0. The van der Waals surface area contributed by atoms with Crippen LogP contribution < -0.4 is 5.32 Å². The zero-order valence-corrected chi connectivity index (χ0v) is 11.5. The third kappa shape index (κ3) is 3.79. The minimum atomic E-state index is -4.16. The molecule has 0 radical (unpaired) electrons. The average molecular weight is 308 g/mol. The number of fused-ring (bicyclic) bond motifs is 2. The van der Waals surface area contributed by atoms with E-state index in [-0.39, 0.29) is 37.5 Å². The van der Waals surface area contributed by atoms with Gasteiger partial charge in [-0.1, -0.05) is 0 Å². The van der Waals surface area contributed by atoms with Crippen molar-refractivity contribution in [3.8, 4) is 0 Å². The number of alkyl halides is 3. The lowest BCUT2D eigenvalue weighted by Crippen LogP contribution is -2.44. The number of unbranched alkanes of at least 4 members (excludes halogenated alkanes) is 1. The van der Waals surface area contributed by atoms with Gasteiger partial charge in [-0.3, -0.25) is 4.79 Å². The number of carbonyl (C=O) groups is 2. The molecule has 2 heterocycles. The van der Waals surface area contributed by atoms with Crippen LogP contribution in [0.25, 0.3) is 0 Å². The van der Waals surface area contributed by atoms with Gasteiger partial charge in [-0.25, -0.2) is 4.79 Å². The highest BCUT2D eigenvalue weighted by Gasteiger charge is 2.51. The minimum absolute atomic E-state index is 0.0195. The van der Waals surface area contributed by atoms with Gasteiger partial charge in [0.1, 0.15) is 0 Å². The predicted molar refractivity (Wildman–Crippen MR) is 67.7 cm³/mol. The van der Waals surface area contributed by atoms with Crippen molar-refractivity contribution in [3.05, 3.63) is 0 Å². The molecule has 2 amide bonds.